The molecule has 0 saturated carbocycles. The number of hydrogen-bond donors (Lipinski definition) is 0. The summed E-state index contributed by atoms with van der Waals surface area (Å²) in [5, 5.41) is 0. The molecule has 2 aliphatic heterocycles. The Morgan fingerprint density at radius 2 is 2.08 bits per heavy atom. The van der Waals surface area contributed by atoms with Gasteiger partial charge in [-0.05, 0) is 18.1 Å². The van der Waals surface area contributed by atoms with Crippen molar-refractivity contribution in [3.63, 3.8) is 0 Å². The van der Waals surface area contributed by atoms with Crippen molar-refractivity contribution in [2.75, 3.05) is 15.9 Å². The summed E-state index contributed by atoms with van der Waals surface area (Å²) in [6.07, 6.45) is 3.36. The zero-order chi connectivity index (χ0) is 17.8. The number of anilines is 1. The summed E-state index contributed by atoms with van der Waals surface area (Å²) in [5.41, 5.74) is 1.91. The second kappa shape index (κ2) is 5.93. The summed E-state index contributed by atoms with van der Waals surface area (Å²) in [6.45, 7) is 2.16. The molecule has 2 amide bonds. The Kier molecular flexibility index (Phi) is 3.97. The van der Waals surface area contributed by atoms with E-state index in [1.807, 2.05) is 35.2 Å². The second-order valence-corrected chi connectivity index (χ2v) is 7.88. The van der Waals surface area contributed by atoms with Gasteiger partial charge in [0.1, 0.15) is 6.04 Å². The molecule has 6 heteroatoms. The van der Waals surface area contributed by atoms with Crippen LogP contribution in [0.3, 0.4) is 0 Å². The predicted molar refractivity (Wildman–Crippen MR) is 103 cm³/mol. The molecule has 1 saturated heterocycles. The van der Waals surface area contributed by atoms with E-state index >= 15 is 0 Å². The van der Waals surface area contributed by atoms with Gasteiger partial charge in [0.05, 0.1) is 5.41 Å². The lowest BCUT2D eigenvalue weighted by molar-refractivity contribution is -0.127. The topological polar surface area (TPSA) is 57.7 Å². The van der Waals surface area contributed by atoms with Crippen molar-refractivity contribution in [1.29, 1.82) is 0 Å². The fraction of sp³-hybridized carbons (Fsp3) is 0.421. The molecule has 0 radical (unpaired) electrons. The van der Waals surface area contributed by atoms with Gasteiger partial charge in [-0.15, -0.1) is 0 Å². The summed E-state index contributed by atoms with van der Waals surface area (Å²) in [4.78, 5) is 41.5. The molecule has 25 heavy (non-hydrogen) atoms. The third-order valence-corrected chi connectivity index (χ3v) is 6.27. The number of rotatable bonds is 3. The van der Waals surface area contributed by atoms with E-state index in [1.165, 1.54) is 6.92 Å². The first-order valence-electron chi connectivity index (χ1n) is 8.51. The molecule has 1 fully saturated rings. The van der Waals surface area contributed by atoms with Crippen LogP contribution in [0.1, 0.15) is 31.7 Å². The minimum atomic E-state index is -0.708. The van der Waals surface area contributed by atoms with E-state index in [2.05, 4.69) is 22.6 Å². The molecular formula is C19H19IN2O3. The van der Waals surface area contributed by atoms with Crippen molar-refractivity contribution in [3.8, 4) is 0 Å². The molecule has 4 rings (SSSR count). The van der Waals surface area contributed by atoms with E-state index in [9.17, 15) is 14.4 Å². The Hall–Kier alpha value is -1.70. The number of likely N-dealkylation sites (tertiary alicyclic amines) is 1. The predicted octanol–water partition coefficient (Wildman–Crippen LogP) is 2.57. The van der Waals surface area contributed by atoms with Crippen LogP contribution in [-0.4, -0.2) is 39.5 Å². The van der Waals surface area contributed by atoms with Crippen molar-refractivity contribution < 1.29 is 14.4 Å². The highest BCUT2D eigenvalue weighted by Crippen LogP contribution is 2.57. The van der Waals surface area contributed by atoms with Gasteiger partial charge in [0.25, 0.3) is 0 Å². The number of hydrogen-bond acceptors (Lipinski definition) is 3. The van der Waals surface area contributed by atoms with Crippen molar-refractivity contribution in [2.45, 2.75) is 37.6 Å². The van der Waals surface area contributed by atoms with E-state index in [0.29, 0.717) is 6.54 Å². The van der Waals surface area contributed by atoms with Gasteiger partial charge in [0.15, 0.2) is 5.78 Å². The Labute approximate surface area is 160 Å². The van der Waals surface area contributed by atoms with Crippen LogP contribution < -0.4 is 4.90 Å². The number of fused-ring (bicyclic) bond motifs is 1. The molecule has 130 valence electrons. The molecule has 1 aliphatic carbocycles. The molecule has 5 nitrogen and oxygen atoms in total. The Bertz CT molecular complexity index is 819. The first-order valence-corrected chi connectivity index (χ1v) is 10.0. The standard InChI is InChI=1S/C19H19IN2O3/c1-12(23)22-14-6-3-2-5-13(14)19-11-17(25)21(10-4-9-20)16(19)8-7-15(24)18(19)22/h2-3,5-6,8,18H,4,7,9-11H2,1H3/t18-,19+/m0/s1. The van der Waals surface area contributed by atoms with Crippen molar-refractivity contribution in [3.05, 3.63) is 41.6 Å². The quantitative estimate of drug-likeness (QED) is 0.526. The van der Waals surface area contributed by atoms with Crippen LogP contribution in [0.2, 0.25) is 0 Å². The number of amides is 2. The summed E-state index contributed by atoms with van der Waals surface area (Å²) in [6, 6.07) is 7.04. The van der Waals surface area contributed by atoms with Crippen LogP contribution in [-0.2, 0) is 19.8 Å². The average Bonchev–Trinajstić information content (AvgIpc) is 3.05. The fourth-order valence-electron chi connectivity index (χ4n) is 4.67. The van der Waals surface area contributed by atoms with Crippen LogP contribution in [0, 0.1) is 0 Å². The molecule has 1 aromatic carbocycles. The highest BCUT2D eigenvalue weighted by molar-refractivity contribution is 14.1. The molecule has 2 heterocycles. The smallest absolute Gasteiger partial charge is 0.228 e. The van der Waals surface area contributed by atoms with E-state index < -0.39 is 11.5 Å². The summed E-state index contributed by atoms with van der Waals surface area (Å²) < 4.78 is 0.973. The molecular weight excluding hydrogens is 431 g/mol. The Morgan fingerprint density at radius 3 is 2.80 bits per heavy atom. The van der Waals surface area contributed by atoms with E-state index in [4.69, 9.17) is 0 Å². The first kappa shape index (κ1) is 16.8. The monoisotopic (exact) mass is 450 g/mol. The van der Waals surface area contributed by atoms with Crippen LogP contribution in [0.15, 0.2) is 36.0 Å². The summed E-state index contributed by atoms with van der Waals surface area (Å²) in [5.74, 6) is -0.0863. The van der Waals surface area contributed by atoms with Gasteiger partial charge in [0.2, 0.25) is 11.8 Å². The zero-order valence-electron chi connectivity index (χ0n) is 14.0. The molecule has 1 spiro atoms. The highest BCUT2D eigenvalue weighted by atomic mass is 127. The van der Waals surface area contributed by atoms with Gasteiger partial charge in [-0.2, -0.15) is 0 Å². The Morgan fingerprint density at radius 1 is 1.32 bits per heavy atom. The van der Waals surface area contributed by atoms with E-state index in [-0.39, 0.29) is 30.4 Å². The van der Waals surface area contributed by atoms with Crippen molar-refractivity contribution in [2.24, 2.45) is 0 Å². The molecule has 3 aliphatic rings. The average molecular weight is 450 g/mol. The summed E-state index contributed by atoms with van der Waals surface area (Å²) in [7, 11) is 0. The lowest BCUT2D eigenvalue weighted by atomic mass is 9.68. The number of alkyl halides is 1. The van der Waals surface area contributed by atoms with Crippen LogP contribution in [0.4, 0.5) is 5.69 Å². The number of para-hydroxylation sites is 1. The van der Waals surface area contributed by atoms with E-state index in [1.54, 1.807) is 4.90 Å². The number of nitrogens with zero attached hydrogens (tertiary/aromatic N) is 2. The van der Waals surface area contributed by atoms with Gasteiger partial charge >= 0.3 is 0 Å². The van der Waals surface area contributed by atoms with Crippen molar-refractivity contribution in [1.82, 2.24) is 4.90 Å². The van der Waals surface area contributed by atoms with Crippen molar-refractivity contribution >= 4 is 45.9 Å². The first-order chi connectivity index (χ1) is 12.0. The highest BCUT2D eigenvalue weighted by Gasteiger charge is 2.64. The SMILES string of the molecule is CC(=O)N1c2ccccc2[C@]23CC(=O)N(CCCI)C2=CCC(=O)[C@H]13. The maximum atomic E-state index is 12.9. The van der Waals surface area contributed by atoms with Crippen LogP contribution in [0.25, 0.3) is 0 Å². The molecule has 0 N–H and O–H groups in total. The summed E-state index contributed by atoms with van der Waals surface area (Å²) >= 11 is 2.31. The normalized spacial score (nSPS) is 27.1. The lowest BCUT2D eigenvalue weighted by Crippen LogP contribution is -2.53. The van der Waals surface area contributed by atoms with Gasteiger partial charge in [0, 0.05) is 42.1 Å². The number of halogens is 1. The zero-order valence-corrected chi connectivity index (χ0v) is 16.2. The number of ketones is 1. The maximum absolute atomic E-state index is 12.9. The third kappa shape index (κ3) is 2.16. The molecule has 0 aromatic heterocycles. The maximum Gasteiger partial charge on any atom is 0.228 e. The van der Waals surface area contributed by atoms with Crippen LogP contribution >= 0.6 is 22.6 Å². The van der Waals surface area contributed by atoms with Gasteiger partial charge in [-0.1, -0.05) is 46.9 Å². The molecule has 2 atom stereocenters. The van der Waals surface area contributed by atoms with Gasteiger partial charge < -0.3 is 9.80 Å². The van der Waals surface area contributed by atoms with Gasteiger partial charge in [-0.25, -0.2) is 0 Å². The number of benzene rings is 1. The minimum Gasteiger partial charge on any atom is -0.315 e. The fourth-order valence-corrected chi connectivity index (χ4v) is 5.01. The second-order valence-electron chi connectivity index (χ2n) is 6.80. The minimum absolute atomic E-state index is 0.0127. The molecule has 0 bridgehead atoms. The Balaban J connectivity index is 1.93. The van der Waals surface area contributed by atoms with Crippen LogP contribution in [0.5, 0.6) is 0 Å². The largest absolute Gasteiger partial charge is 0.315 e. The number of carbonyl (C=O) groups is 3. The van der Waals surface area contributed by atoms with Gasteiger partial charge in [-0.3, -0.25) is 14.4 Å². The number of allylic oxidation sites excluding steroid dienone is 1. The van der Waals surface area contributed by atoms with E-state index in [0.717, 1.165) is 27.8 Å². The molecule has 0 unspecified atom stereocenters. The number of Topliss-reactive ketones (excluding diaryl/α,β-unsaturated/α-hetero) is 1. The third-order valence-electron chi connectivity index (χ3n) is 5.50. The lowest BCUT2D eigenvalue weighted by Gasteiger charge is -2.38. The molecule has 1 aromatic rings. The number of carbonyl (C=O) groups excluding carboxylic acids is 3.